The van der Waals surface area contributed by atoms with E-state index in [1.54, 1.807) is 12.3 Å². The number of carbonyl (C=O) groups is 3. The summed E-state index contributed by atoms with van der Waals surface area (Å²) in [7, 11) is 0. The van der Waals surface area contributed by atoms with Crippen LogP contribution in [0.2, 0.25) is 0 Å². The fourth-order valence-corrected chi connectivity index (χ4v) is 5.82. The molecule has 0 unspecified atom stereocenters. The van der Waals surface area contributed by atoms with Gasteiger partial charge in [-0.1, -0.05) is 89.8 Å². The smallest absolute Gasteiger partial charge is 0.325 e. The SMILES string of the molecule is C=N/C(=N\C=C(/C)c1ccc(OCCCCCCC)cc1)c1ccc(C[C@@H](NC(=O)c2ccc(C(C)(C)C)s2)C(=O)N[C@H](C)C(=O)O)cc1. The Morgan fingerprint density at radius 3 is 2.18 bits per heavy atom. The number of amides is 2. The molecule has 0 fully saturated rings. The van der Waals surface area contributed by atoms with E-state index >= 15 is 0 Å². The van der Waals surface area contributed by atoms with Gasteiger partial charge in [0.1, 0.15) is 17.8 Å². The first kappa shape index (κ1) is 38.9. The Balaban J connectivity index is 1.70. The maximum absolute atomic E-state index is 13.2. The van der Waals surface area contributed by atoms with Gasteiger partial charge in [0.05, 0.1) is 11.5 Å². The molecule has 262 valence electrons. The van der Waals surface area contributed by atoms with Crippen molar-refractivity contribution in [2.24, 2.45) is 9.98 Å². The number of nitrogens with one attached hydrogen (secondary N) is 2. The van der Waals surface area contributed by atoms with Crippen LogP contribution in [0.25, 0.3) is 5.57 Å². The van der Waals surface area contributed by atoms with Crippen molar-refractivity contribution in [1.29, 1.82) is 0 Å². The van der Waals surface area contributed by atoms with Crippen LogP contribution < -0.4 is 15.4 Å². The van der Waals surface area contributed by atoms with E-state index in [1.807, 2.05) is 61.5 Å². The van der Waals surface area contributed by atoms with Crippen LogP contribution in [0.15, 0.2) is 76.8 Å². The maximum atomic E-state index is 13.2. The molecule has 3 N–H and O–H groups in total. The second kappa shape index (κ2) is 18.8. The second-order valence-electron chi connectivity index (χ2n) is 13.1. The van der Waals surface area contributed by atoms with Gasteiger partial charge in [0.15, 0.2) is 5.84 Å². The predicted octanol–water partition coefficient (Wildman–Crippen LogP) is 7.83. The number of aliphatic imine (C=N–C) groups is 2. The highest BCUT2D eigenvalue weighted by Crippen LogP contribution is 2.29. The van der Waals surface area contributed by atoms with Gasteiger partial charge in [0.25, 0.3) is 5.91 Å². The predicted molar refractivity (Wildman–Crippen MR) is 200 cm³/mol. The van der Waals surface area contributed by atoms with Crippen molar-refractivity contribution in [2.75, 3.05) is 6.61 Å². The van der Waals surface area contributed by atoms with Crippen LogP contribution in [0.3, 0.4) is 0 Å². The summed E-state index contributed by atoms with van der Waals surface area (Å²) in [4.78, 5) is 47.9. The number of carboxylic acids is 1. The standard InChI is InChI=1S/C39H50N4O5S/c1-8-9-10-11-12-23-48-31-19-17-29(18-20-31)26(2)25-41-35(40-7)30-15-13-28(14-16-30)24-32(36(44)42-27(3)38(46)47)43-37(45)33-21-22-34(49-33)39(4,5)6/h13-22,25,27,32H,7-12,23-24H2,1-6H3,(H,42,44)(H,43,45)(H,46,47)/b26-25+,41-35-/t27-,32-/m1/s1. The van der Waals surface area contributed by atoms with Gasteiger partial charge in [-0.2, -0.15) is 0 Å². The first-order chi connectivity index (χ1) is 23.3. The lowest BCUT2D eigenvalue weighted by Gasteiger charge is -2.20. The van der Waals surface area contributed by atoms with E-state index in [4.69, 9.17) is 4.74 Å². The summed E-state index contributed by atoms with van der Waals surface area (Å²) in [6.45, 7) is 16.2. The summed E-state index contributed by atoms with van der Waals surface area (Å²) in [6, 6.07) is 16.8. The van der Waals surface area contributed by atoms with Crippen molar-refractivity contribution >= 4 is 47.2 Å². The molecule has 0 saturated heterocycles. The third kappa shape index (κ3) is 12.4. The highest BCUT2D eigenvalue weighted by atomic mass is 32.1. The van der Waals surface area contributed by atoms with Crippen LogP contribution in [0.4, 0.5) is 0 Å². The zero-order chi connectivity index (χ0) is 36.0. The van der Waals surface area contributed by atoms with Crippen LogP contribution in [0.1, 0.15) is 105 Å². The average Bonchev–Trinajstić information content (AvgIpc) is 3.59. The van der Waals surface area contributed by atoms with Gasteiger partial charge in [-0.3, -0.25) is 14.4 Å². The van der Waals surface area contributed by atoms with Crippen molar-refractivity contribution in [3.8, 4) is 5.75 Å². The normalized spacial score (nSPS) is 13.3. The number of hydrogen-bond acceptors (Lipinski definition) is 6. The molecule has 0 radical (unpaired) electrons. The quantitative estimate of drug-likeness (QED) is 0.0757. The molecule has 3 rings (SSSR count). The van der Waals surface area contributed by atoms with E-state index in [0.717, 1.165) is 45.9 Å². The number of unbranched alkanes of at least 4 members (excludes halogenated alkanes) is 4. The molecular weight excluding hydrogens is 637 g/mol. The molecule has 0 aliphatic rings. The molecule has 0 spiro atoms. The Labute approximate surface area is 294 Å². The summed E-state index contributed by atoms with van der Waals surface area (Å²) in [5, 5.41) is 14.6. The third-order valence-electron chi connectivity index (χ3n) is 7.93. The summed E-state index contributed by atoms with van der Waals surface area (Å²) in [6.07, 6.45) is 7.88. The topological polar surface area (TPSA) is 129 Å². The molecule has 2 amide bonds. The largest absolute Gasteiger partial charge is 0.494 e. The van der Waals surface area contributed by atoms with Crippen molar-refractivity contribution in [2.45, 2.75) is 97.6 Å². The second-order valence-corrected chi connectivity index (χ2v) is 14.2. The summed E-state index contributed by atoms with van der Waals surface area (Å²) >= 11 is 1.37. The number of rotatable bonds is 17. The lowest BCUT2D eigenvalue weighted by Crippen LogP contribution is -2.51. The molecular formula is C39H50N4O5S. The molecule has 0 aliphatic carbocycles. The first-order valence-corrected chi connectivity index (χ1v) is 17.6. The van der Waals surface area contributed by atoms with Crippen LogP contribution in [0, 0.1) is 0 Å². The number of carbonyl (C=O) groups excluding carboxylic acids is 2. The minimum absolute atomic E-state index is 0.122. The molecule has 1 aromatic heterocycles. The Morgan fingerprint density at radius 2 is 1.59 bits per heavy atom. The monoisotopic (exact) mass is 686 g/mol. The molecule has 0 saturated carbocycles. The minimum atomic E-state index is -1.17. The van der Waals surface area contributed by atoms with Gasteiger partial charge < -0.3 is 20.5 Å². The molecule has 2 aromatic carbocycles. The van der Waals surface area contributed by atoms with Crippen molar-refractivity contribution in [1.82, 2.24) is 10.6 Å². The number of amidine groups is 1. The Kier molecular flexibility index (Phi) is 14.9. The van der Waals surface area contributed by atoms with Gasteiger partial charge in [0, 0.05) is 23.1 Å². The Morgan fingerprint density at radius 1 is 0.939 bits per heavy atom. The highest BCUT2D eigenvalue weighted by molar-refractivity contribution is 7.14. The van der Waals surface area contributed by atoms with E-state index in [9.17, 15) is 19.5 Å². The minimum Gasteiger partial charge on any atom is -0.494 e. The van der Waals surface area contributed by atoms with Gasteiger partial charge in [-0.15, -0.1) is 11.3 Å². The molecule has 1 heterocycles. The molecule has 3 aromatic rings. The van der Waals surface area contributed by atoms with Gasteiger partial charge >= 0.3 is 5.97 Å². The fraction of sp³-hybridized carbons (Fsp3) is 0.410. The molecule has 2 atom stereocenters. The van der Waals surface area contributed by atoms with E-state index in [2.05, 4.69) is 55.0 Å². The summed E-state index contributed by atoms with van der Waals surface area (Å²) < 4.78 is 5.88. The number of benzene rings is 2. The maximum Gasteiger partial charge on any atom is 0.325 e. The zero-order valence-electron chi connectivity index (χ0n) is 29.5. The van der Waals surface area contributed by atoms with Crippen LogP contribution >= 0.6 is 11.3 Å². The number of nitrogens with zero attached hydrogens (tertiary/aromatic N) is 2. The third-order valence-corrected chi connectivity index (χ3v) is 9.44. The van der Waals surface area contributed by atoms with Crippen molar-refractivity contribution in [3.63, 3.8) is 0 Å². The molecule has 10 heteroatoms. The molecule has 49 heavy (non-hydrogen) atoms. The number of hydrogen-bond donors (Lipinski definition) is 3. The van der Waals surface area contributed by atoms with Crippen LogP contribution in [0.5, 0.6) is 5.75 Å². The fourth-order valence-electron chi connectivity index (χ4n) is 4.85. The summed E-state index contributed by atoms with van der Waals surface area (Å²) in [5.74, 6) is -0.872. The van der Waals surface area contributed by atoms with Crippen LogP contribution in [-0.2, 0) is 21.4 Å². The lowest BCUT2D eigenvalue weighted by atomic mass is 9.95. The van der Waals surface area contributed by atoms with Gasteiger partial charge in [-0.25, -0.2) is 9.98 Å². The lowest BCUT2D eigenvalue weighted by molar-refractivity contribution is -0.141. The number of thiophene rings is 1. The Bertz CT molecular complexity index is 1620. The number of ether oxygens (including phenoxy) is 1. The Hall–Kier alpha value is -4.57. The van der Waals surface area contributed by atoms with E-state index in [0.29, 0.717) is 10.7 Å². The summed E-state index contributed by atoms with van der Waals surface area (Å²) in [5.41, 5.74) is 3.32. The highest BCUT2D eigenvalue weighted by Gasteiger charge is 2.26. The molecule has 9 nitrogen and oxygen atoms in total. The number of aliphatic carboxylic acids is 1. The molecule has 0 aliphatic heterocycles. The van der Waals surface area contributed by atoms with E-state index in [1.165, 1.54) is 43.9 Å². The first-order valence-electron chi connectivity index (χ1n) is 16.8. The zero-order valence-corrected chi connectivity index (χ0v) is 30.4. The van der Waals surface area contributed by atoms with Gasteiger partial charge in [-0.05, 0) is 73.4 Å². The van der Waals surface area contributed by atoms with E-state index in [-0.39, 0.29) is 11.8 Å². The van der Waals surface area contributed by atoms with Gasteiger partial charge in [0.2, 0.25) is 5.91 Å². The van der Waals surface area contributed by atoms with E-state index < -0.39 is 29.9 Å². The van der Waals surface area contributed by atoms with Crippen molar-refractivity contribution < 1.29 is 24.2 Å². The van der Waals surface area contributed by atoms with Crippen molar-refractivity contribution in [3.05, 3.63) is 93.3 Å². The number of allylic oxidation sites excluding steroid dienone is 1. The number of carboxylic acid groups (broad SMARTS) is 1. The molecule has 0 bridgehead atoms. The van der Waals surface area contributed by atoms with Crippen LogP contribution in [-0.4, -0.2) is 54.1 Å². The average molecular weight is 687 g/mol.